The highest BCUT2D eigenvalue weighted by atomic mass is 28.2. The zero-order valence-corrected chi connectivity index (χ0v) is 9.17. The van der Waals surface area contributed by atoms with E-state index in [0.29, 0.717) is 18.8 Å². The first kappa shape index (κ1) is 11.4. The van der Waals surface area contributed by atoms with E-state index in [0.717, 1.165) is 6.23 Å². The highest BCUT2D eigenvalue weighted by molar-refractivity contribution is 6.33. The third-order valence-electron chi connectivity index (χ3n) is 1.16. The van der Waals surface area contributed by atoms with Gasteiger partial charge in [-0.2, -0.15) is 0 Å². The van der Waals surface area contributed by atoms with Crippen LogP contribution in [0.4, 0.5) is 0 Å². The standard InChI is InChI=1S/C8H16O3Si/c1-7(2)8(9)11-5-4-10-6-12-3/h1,4-6,12H2,2-3H3. The van der Waals surface area contributed by atoms with E-state index in [9.17, 15) is 4.79 Å². The minimum Gasteiger partial charge on any atom is -0.460 e. The molecule has 3 nitrogen and oxygen atoms in total. The van der Waals surface area contributed by atoms with Gasteiger partial charge in [0.1, 0.15) is 6.61 Å². The van der Waals surface area contributed by atoms with E-state index >= 15 is 0 Å². The first-order valence-corrected chi connectivity index (χ1v) is 6.50. The molecular weight excluding hydrogens is 172 g/mol. The number of hydrogen-bond donors (Lipinski definition) is 0. The summed E-state index contributed by atoms with van der Waals surface area (Å²) < 4.78 is 9.97. The Labute approximate surface area is 75.6 Å². The second-order valence-corrected chi connectivity index (χ2v) is 3.94. The molecule has 0 aromatic heterocycles. The van der Waals surface area contributed by atoms with Gasteiger partial charge in [0.25, 0.3) is 0 Å². The normalized spacial score (nSPS) is 10.5. The van der Waals surface area contributed by atoms with E-state index < -0.39 is 0 Å². The quantitative estimate of drug-likeness (QED) is 0.260. The molecule has 0 radical (unpaired) electrons. The Kier molecular flexibility index (Phi) is 6.70. The first-order chi connectivity index (χ1) is 5.68. The van der Waals surface area contributed by atoms with Crippen molar-refractivity contribution in [2.45, 2.75) is 13.5 Å². The van der Waals surface area contributed by atoms with E-state index in [-0.39, 0.29) is 15.5 Å². The number of ether oxygens (including phenoxy) is 2. The van der Waals surface area contributed by atoms with Crippen LogP contribution in [0.1, 0.15) is 6.92 Å². The van der Waals surface area contributed by atoms with Crippen LogP contribution in [-0.4, -0.2) is 34.9 Å². The minimum atomic E-state index is -0.340. The number of carbonyl (C=O) groups is 1. The molecule has 4 heteroatoms. The molecule has 0 rings (SSSR count). The summed E-state index contributed by atoms with van der Waals surface area (Å²) in [5, 5.41) is 0. The van der Waals surface area contributed by atoms with Crippen molar-refractivity contribution in [1.82, 2.24) is 0 Å². The molecule has 12 heavy (non-hydrogen) atoms. The number of hydrogen-bond acceptors (Lipinski definition) is 3. The molecule has 0 atom stereocenters. The third kappa shape index (κ3) is 6.12. The van der Waals surface area contributed by atoms with Crippen LogP contribution >= 0.6 is 0 Å². The van der Waals surface area contributed by atoms with Gasteiger partial charge in [0, 0.05) is 21.3 Å². The van der Waals surface area contributed by atoms with Crippen LogP contribution in [0.2, 0.25) is 6.55 Å². The van der Waals surface area contributed by atoms with E-state index in [4.69, 9.17) is 9.47 Å². The lowest BCUT2D eigenvalue weighted by atomic mass is 10.4. The van der Waals surface area contributed by atoms with Crippen LogP contribution in [0.3, 0.4) is 0 Å². The molecule has 0 amide bonds. The van der Waals surface area contributed by atoms with Crippen LogP contribution in [0.25, 0.3) is 0 Å². The molecule has 0 fully saturated rings. The van der Waals surface area contributed by atoms with Gasteiger partial charge in [-0.25, -0.2) is 4.79 Å². The second-order valence-electron chi connectivity index (χ2n) is 2.53. The van der Waals surface area contributed by atoms with Gasteiger partial charge in [0.05, 0.1) is 6.61 Å². The Hall–Kier alpha value is -0.613. The maximum Gasteiger partial charge on any atom is 0.333 e. The Morgan fingerprint density at radius 1 is 1.50 bits per heavy atom. The molecule has 70 valence electrons. The lowest BCUT2D eigenvalue weighted by Crippen LogP contribution is -2.12. The maximum atomic E-state index is 10.8. The molecule has 0 aliphatic rings. The Morgan fingerprint density at radius 2 is 2.17 bits per heavy atom. The van der Waals surface area contributed by atoms with E-state index in [2.05, 4.69) is 13.1 Å². The summed E-state index contributed by atoms with van der Waals surface area (Å²) in [4.78, 5) is 10.8. The predicted octanol–water partition coefficient (Wildman–Crippen LogP) is 0.297. The van der Waals surface area contributed by atoms with E-state index in [1.165, 1.54) is 0 Å². The van der Waals surface area contributed by atoms with Crippen molar-refractivity contribution in [2.24, 2.45) is 0 Å². The second kappa shape index (κ2) is 7.06. The average Bonchev–Trinajstić information content (AvgIpc) is 2.03. The molecule has 0 unspecified atom stereocenters. The summed E-state index contributed by atoms with van der Waals surface area (Å²) in [6.07, 6.45) is 0.852. The summed E-state index contributed by atoms with van der Waals surface area (Å²) in [6.45, 7) is 8.09. The van der Waals surface area contributed by atoms with E-state index in [1.54, 1.807) is 6.92 Å². The van der Waals surface area contributed by atoms with Crippen molar-refractivity contribution in [3.63, 3.8) is 0 Å². The van der Waals surface area contributed by atoms with Gasteiger partial charge in [-0.1, -0.05) is 13.1 Å². The van der Waals surface area contributed by atoms with Gasteiger partial charge >= 0.3 is 5.97 Å². The molecule has 0 bridgehead atoms. The fourth-order valence-corrected chi connectivity index (χ4v) is 1.06. The summed E-state index contributed by atoms with van der Waals surface area (Å²) in [5.74, 6) is -0.340. The maximum absolute atomic E-state index is 10.8. The van der Waals surface area contributed by atoms with Gasteiger partial charge in [0.2, 0.25) is 0 Å². The molecule has 0 aliphatic carbocycles. The number of rotatable bonds is 6. The summed E-state index contributed by atoms with van der Waals surface area (Å²) >= 11 is 0. The van der Waals surface area contributed by atoms with Crippen molar-refractivity contribution in [3.05, 3.63) is 12.2 Å². The smallest absolute Gasteiger partial charge is 0.333 e. The minimum absolute atomic E-state index is 0.0293. The summed E-state index contributed by atoms with van der Waals surface area (Å²) in [5.41, 5.74) is 0.430. The first-order valence-electron chi connectivity index (χ1n) is 4.08. The molecule has 0 N–H and O–H groups in total. The van der Waals surface area contributed by atoms with E-state index in [1.807, 2.05) is 0 Å². The third-order valence-corrected chi connectivity index (χ3v) is 1.85. The number of carbonyl (C=O) groups excluding carboxylic acids is 1. The van der Waals surface area contributed by atoms with Gasteiger partial charge in [0.15, 0.2) is 0 Å². The SMILES string of the molecule is C=C(C)C(=O)OCCOC[SiH2]C. The summed E-state index contributed by atoms with van der Waals surface area (Å²) in [6, 6.07) is 0. The van der Waals surface area contributed by atoms with Crippen LogP contribution in [0.15, 0.2) is 12.2 Å². The highest BCUT2D eigenvalue weighted by Gasteiger charge is 2.01. The Balaban J connectivity index is 3.20. The Morgan fingerprint density at radius 3 is 2.67 bits per heavy atom. The fraction of sp³-hybridized carbons (Fsp3) is 0.625. The van der Waals surface area contributed by atoms with Crippen molar-refractivity contribution < 1.29 is 14.3 Å². The summed E-state index contributed by atoms with van der Waals surface area (Å²) in [7, 11) is -0.0293. The molecule has 0 aliphatic heterocycles. The van der Waals surface area contributed by atoms with Crippen LogP contribution in [-0.2, 0) is 14.3 Å². The lowest BCUT2D eigenvalue weighted by molar-refractivity contribution is -0.140. The molecule has 0 spiro atoms. The zero-order valence-electron chi connectivity index (χ0n) is 7.76. The van der Waals surface area contributed by atoms with Crippen molar-refractivity contribution >= 4 is 15.5 Å². The van der Waals surface area contributed by atoms with Crippen LogP contribution < -0.4 is 0 Å². The average molecular weight is 188 g/mol. The molecule has 0 saturated carbocycles. The highest BCUT2D eigenvalue weighted by Crippen LogP contribution is 1.91. The van der Waals surface area contributed by atoms with Gasteiger partial charge in [-0.05, 0) is 6.92 Å². The lowest BCUT2D eigenvalue weighted by Gasteiger charge is -2.04. The predicted molar refractivity (Wildman–Crippen MR) is 51.0 cm³/mol. The van der Waals surface area contributed by atoms with Crippen molar-refractivity contribution in [2.75, 3.05) is 19.4 Å². The van der Waals surface area contributed by atoms with Crippen molar-refractivity contribution in [1.29, 1.82) is 0 Å². The number of esters is 1. The molecule has 0 aromatic carbocycles. The van der Waals surface area contributed by atoms with Crippen LogP contribution in [0, 0.1) is 0 Å². The van der Waals surface area contributed by atoms with Gasteiger partial charge in [-0.3, -0.25) is 0 Å². The van der Waals surface area contributed by atoms with Gasteiger partial charge < -0.3 is 9.47 Å². The molecular formula is C8H16O3Si. The van der Waals surface area contributed by atoms with Gasteiger partial charge in [-0.15, -0.1) is 0 Å². The largest absolute Gasteiger partial charge is 0.460 e. The molecule has 0 heterocycles. The Bertz CT molecular complexity index is 156. The molecule has 0 saturated heterocycles. The monoisotopic (exact) mass is 188 g/mol. The fourth-order valence-electron chi connectivity index (χ4n) is 0.563. The van der Waals surface area contributed by atoms with Crippen LogP contribution in [0.5, 0.6) is 0 Å². The topological polar surface area (TPSA) is 35.5 Å². The molecule has 0 aromatic rings. The van der Waals surface area contributed by atoms with Crippen molar-refractivity contribution in [3.8, 4) is 0 Å². The zero-order chi connectivity index (χ0) is 9.40.